The molecule has 2 aliphatic rings. The Morgan fingerprint density at radius 2 is 1.90 bits per heavy atom. The summed E-state index contributed by atoms with van der Waals surface area (Å²) in [6, 6.07) is 7.44. The minimum atomic E-state index is -0.383. The number of para-hydroxylation sites is 1. The third-order valence-corrected chi connectivity index (χ3v) is 4.25. The highest BCUT2D eigenvalue weighted by Gasteiger charge is 2.40. The van der Waals surface area contributed by atoms with Crippen molar-refractivity contribution >= 4 is 5.91 Å². The molecule has 1 aliphatic carbocycles. The number of hydrogen-bond acceptors (Lipinski definition) is 4. The van der Waals surface area contributed by atoms with Crippen LogP contribution >= 0.6 is 0 Å². The highest BCUT2D eigenvalue weighted by Crippen LogP contribution is 2.35. The Morgan fingerprint density at radius 1 is 1.24 bits per heavy atom. The number of carbonyl (C=O) groups excluding carboxylic acids is 1. The first kappa shape index (κ1) is 14.4. The van der Waals surface area contributed by atoms with Crippen molar-refractivity contribution in [3.05, 3.63) is 29.8 Å². The fourth-order valence-corrected chi connectivity index (χ4v) is 3.08. The van der Waals surface area contributed by atoms with Crippen LogP contribution in [0.4, 0.5) is 0 Å². The fourth-order valence-electron chi connectivity index (χ4n) is 3.08. The van der Waals surface area contributed by atoms with E-state index in [2.05, 4.69) is 5.32 Å². The molecule has 1 saturated heterocycles. The van der Waals surface area contributed by atoms with Gasteiger partial charge >= 0.3 is 0 Å². The number of ether oxygens (including phenoxy) is 3. The van der Waals surface area contributed by atoms with Crippen LogP contribution in [-0.2, 0) is 9.47 Å². The van der Waals surface area contributed by atoms with Gasteiger partial charge in [0.15, 0.2) is 5.79 Å². The zero-order valence-corrected chi connectivity index (χ0v) is 12.3. The average molecular weight is 291 g/mol. The summed E-state index contributed by atoms with van der Waals surface area (Å²) >= 11 is 0. The third kappa shape index (κ3) is 3.04. The summed E-state index contributed by atoms with van der Waals surface area (Å²) < 4.78 is 16.6. The first-order chi connectivity index (χ1) is 10.2. The maximum absolute atomic E-state index is 12.4. The molecule has 114 valence electrons. The second kappa shape index (κ2) is 6.03. The van der Waals surface area contributed by atoms with Gasteiger partial charge in [-0.3, -0.25) is 4.79 Å². The van der Waals surface area contributed by atoms with E-state index in [1.165, 1.54) is 0 Å². The lowest BCUT2D eigenvalue weighted by Crippen LogP contribution is -2.44. The lowest BCUT2D eigenvalue weighted by molar-refractivity contribution is -0.179. The van der Waals surface area contributed by atoms with Crippen LogP contribution in [0.15, 0.2) is 24.3 Å². The van der Waals surface area contributed by atoms with Crippen molar-refractivity contribution in [3.63, 3.8) is 0 Å². The molecule has 0 atom stereocenters. The Kier molecular flexibility index (Phi) is 4.12. The molecule has 1 N–H and O–H groups in total. The molecule has 0 unspecified atom stereocenters. The summed E-state index contributed by atoms with van der Waals surface area (Å²) in [5.41, 5.74) is 0.577. The Bertz CT molecular complexity index is 501. The molecule has 5 heteroatoms. The van der Waals surface area contributed by atoms with Gasteiger partial charge in [0.1, 0.15) is 5.75 Å². The van der Waals surface area contributed by atoms with Gasteiger partial charge in [0.25, 0.3) is 5.91 Å². The number of methoxy groups -OCH3 is 1. The predicted molar refractivity (Wildman–Crippen MR) is 77.4 cm³/mol. The first-order valence-electron chi connectivity index (χ1n) is 7.44. The molecule has 1 heterocycles. The van der Waals surface area contributed by atoms with Crippen molar-refractivity contribution in [3.8, 4) is 5.75 Å². The molecule has 1 amide bonds. The Hall–Kier alpha value is -1.59. The maximum Gasteiger partial charge on any atom is 0.255 e. The molecule has 1 spiro atoms. The molecule has 5 nitrogen and oxygen atoms in total. The van der Waals surface area contributed by atoms with E-state index in [1.54, 1.807) is 19.2 Å². The summed E-state index contributed by atoms with van der Waals surface area (Å²) in [5.74, 6) is 0.137. The predicted octanol–water partition coefficient (Wildman–Crippen LogP) is 2.11. The molecule has 0 bridgehead atoms. The highest BCUT2D eigenvalue weighted by atomic mass is 16.7. The van der Waals surface area contributed by atoms with Gasteiger partial charge in [-0.15, -0.1) is 0 Å². The van der Waals surface area contributed by atoms with Crippen molar-refractivity contribution in [1.29, 1.82) is 0 Å². The number of rotatable bonds is 3. The molecule has 2 fully saturated rings. The van der Waals surface area contributed by atoms with Gasteiger partial charge in [0, 0.05) is 18.9 Å². The van der Waals surface area contributed by atoms with Crippen molar-refractivity contribution in [2.45, 2.75) is 37.5 Å². The third-order valence-electron chi connectivity index (χ3n) is 4.25. The zero-order chi connectivity index (χ0) is 14.7. The van der Waals surface area contributed by atoms with Crippen LogP contribution in [0.25, 0.3) is 0 Å². The lowest BCUT2D eigenvalue weighted by atomic mass is 9.90. The van der Waals surface area contributed by atoms with Crippen molar-refractivity contribution in [2.24, 2.45) is 0 Å². The largest absolute Gasteiger partial charge is 0.496 e. The molecule has 1 aromatic rings. The number of hydrogen-bond donors (Lipinski definition) is 1. The molecule has 1 aliphatic heterocycles. The van der Waals surface area contributed by atoms with Gasteiger partial charge in [0.2, 0.25) is 0 Å². The molecule has 3 rings (SSSR count). The highest BCUT2D eigenvalue weighted by molar-refractivity contribution is 5.97. The maximum atomic E-state index is 12.4. The summed E-state index contributed by atoms with van der Waals surface area (Å²) in [7, 11) is 1.57. The second-order valence-corrected chi connectivity index (χ2v) is 5.56. The van der Waals surface area contributed by atoms with Gasteiger partial charge in [0.05, 0.1) is 25.9 Å². The molecule has 1 saturated carbocycles. The fraction of sp³-hybridized carbons (Fsp3) is 0.562. The van der Waals surface area contributed by atoms with E-state index in [0.29, 0.717) is 24.5 Å². The second-order valence-electron chi connectivity index (χ2n) is 5.56. The SMILES string of the molecule is COc1ccccc1C(=O)NC1CCC2(CC1)OCCO2. The van der Waals surface area contributed by atoms with Gasteiger partial charge < -0.3 is 19.5 Å². The number of benzene rings is 1. The van der Waals surface area contributed by atoms with E-state index in [9.17, 15) is 4.79 Å². The first-order valence-corrected chi connectivity index (χ1v) is 7.44. The van der Waals surface area contributed by atoms with Crippen molar-refractivity contribution < 1.29 is 19.0 Å². The Labute approximate surface area is 124 Å². The van der Waals surface area contributed by atoms with Crippen LogP contribution in [0, 0.1) is 0 Å². The minimum absolute atomic E-state index is 0.0818. The topological polar surface area (TPSA) is 56.8 Å². The molecule has 0 radical (unpaired) electrons. The smallest absolute Gasteiger partial charge is 0.255 e. The van der Waals surface area contributed by atoms with Crippen LogP contribution in [-0.4, -0.2) is 38.1 Å². The number of carbonyl (C=O) groups is 1. The molecule has 1 aromatic carbocycles. The van der Waals surface area contributed by atoms with Crippen molar-refractivity contribution in [1.82, 2.24) is 5.32 Å². The normalized spacial score (nSPS) is 21.4. The number of nitrogens with one attached hydrogen (secondary N) is 1. The van der Waals surface area contributed by atoms with Crippen LogP contribution < -0.4 is 10.1 Å². The van der Waals surface area contributed by atoms with E-state index >= 15 is 0 Å². The number of amides is 1. The quantitative estimate of drug-likeness (QED) is 0.926. The van der Waals surface area contributed by atoms with E-state index in [1.807, 2.05) is 12.1 Å². The Morgan fingerprint density at radius 3 is 2.57 bits per heavy atom. The van der Waals surface area contributed by atoms with Crippen molar-refractivity contribution in [2.75, 3.05) is 20.3 Å². The molecular weight excluding hydrogens is 270 g/mol. The van der Waals surface area contributed by atoms with Crippen LogP contribution in [0.1, 0.15) is 36.0 Å². The molecule has 0 aromatic heterocycles. The molecular formula is C16H21NO4. The Balaban J connectivity index is 1.59. The van der Waals surface area contributed by atoms with E-state index in [4.69, 9.17) is 14.2 Å². The van der Waals surface area contributed by atoms with Crippen LogP contribution in [0.2, 0.25) is 0 Å². The van der Waals surface area contributed by atoms with Gasteiger partial charge in [-0.2, -0.15) is 0 Å². The van der Waals surface area contributed by atoms with E-state index in [-0.39, 0.29) is 17.7 Å². The minimum Gasteiger partial charge on any atom is -0.496 e. The summed E-state index contributed by atoms with van der Waals surface area (Å²) in [4.78, 5) is 12.4. The van der Waals surface area contributed by atoms with E-state index in [0.717, 1.165) is 25.7 Å². The lowest BCUT2D eigenvalue weighted by Gasteiger charge is -2.35. The van der Waals surface area contributed by atoms with Crippen LogP contribution in [0.3, 0.4) is 0 Å². The van der Waals surface area contributed by atoms with E-state index < -0.39 is 0 Å². The zero-order valence-electron chi connectivity index (χ0n) is 12.3. The van der Waals surface area contributed by atoms with Gasteiger partial charge in [-0.25, -0.2) is 0 Å². The van der Waals surface area contributed by atoms with Gasteiger partial charge in [-0.05, 0) is 25.0 Å². The monoisotopic (exact) mass is 291 g/mol. The standard InChI is InChI=1S/C16H21NO4/c1-19-14-5-3-2-4-13(14)15(18)17-12-6-8-16(9-7-12)20-10-11-21-16/h2-5,12H,6-11H2,1H3,(H,17,18). The average Bonchev–Trinajstić information content (AvgIpc) is 2.98. The summed E-state index contributed by atoms with van der Waals surface area (Å²) in [5, 5.41) is 3.09. The van der Waals surface area contributed by atoms with Crippen LogP contribution in [0.5, 0.6) is 5.75 Å². The summed E-state index contributed by atoms with van der Waals surface area (Å²) in [6.07, 6.45) is 3.43. The molecule has 21 heavy (non-hydrogen) atoms. The van der Waals surface area contributed by atoms with Gasteiger partial charge in [-0.1, -0.05) is 12.1 Å². The summed E-state index contributed by atoms with van der Waals surface area (Å²) in [6.45, 7) is 1.36.